The first-order chi connectivity index (χ1) is 13.8. The van der Waals surface area contributed by atoms with E-state index in [1.54, 1.807) is 18.3 Å². The summed E-state index contributed by atoms with van der Waals surface area (Å²) in [4.78, 5) is 6.16. The molecule has 2 heterocycles. The Kier molecular flexibility index (Phi) is 5.15. The summed E-state index contributed by atoms with van der Waals surface area (Å²) < 4.78 is 55.8. The van der Waals surface area contributed by atoms with Gasteiger partial charge in [0.1, 0.15) is 16.5 Å². The van der Waals surface area contributed by atoms with Gasteiger partial charge < -0.3 is 10.3 Å². The Balaban J connectivity index is 1.60. The summed E-state index contributed by atoms with van der Waals surface area (Å²) in [6.45, 7) is 0.0199. The maximum Gasteiger partial charge on any atom is 0.266 e. The lowest BCUT2D eigenvalue weighted by molar-refractivity contribution is 0.570. The van der Waals surface area contributed by atoms with Gasteiger partial charge in [-0.1, -0.05) is 11.6 Å². The van der Waals surface area contributed by atoms with Crippen molar-refractivity contribution in [1.29, 1.82) is 0 Å². The van der Waals surface area contributed by atoms with Gasteiger partial charge in [0.05, 0.1) is 21.7 Å². The number of benzene rings is 2. The van der Waals surface area contributed by atoms with Gasteiger partial charge >= 0.3 is 0 Å². The predicted octanol–water partition coefficient (Wildman–Crippen LogP) is 4.97. The molecule has 6 nitrogen and oxygen atoms in total. The van der Waals surface area contributed by atoms with Crippen molar-refractivity contribution in [2.75, 3.05) is 10.0 Å². The molecule has 0 aliphatic carbocycles. The molecule has 2 aromatic heterocycles. The SMILES string of the molecule is O=S(=O)(Nc1cscn1)c1cc(Cl)c(NCc2c(F)ccc3cc[nH]c23)cc1F. The van der Waals surface area contributed by atoms with Gasteiger partial charge in [-0.25, -0.2) is 22.2 Å². The third-order valence-electron chi connectivity index (χ3n) is 4.22. The predicted molar refractivity (Wildman–Crippen MR) is 110 cm³/mol. The Labute approximate surface area is 173 Å². The van der Waals surface area contributed by atoms with E-state index in [0.29, 0.717) is 11.1 Å². The molecule has 0 saturated carbocycles. The first-order valence-electron chi connectivity index (χ1n) is 8.23. The lowest BCUT2D eigenvalue weighted by Gasteiger charge is -2.13. The fourth-order valence-electron chi connectivity index (χ4n) is 2.85. The molecule has 0 fully saturated rings. The molecule has 0 radical (unpaired) electrons. The fourth-order valence-corrected chi connectivity index (χ4v) is 4.79. The van der Waals surface area contributed by atoms with Crippen LogP contribution in [-0.2, 0) is 16.6 Å². The van der Waals surface area contributed by atoms with Crippen LogP contribution in [0.2, 0.25) is 5.02 Å². The molecule has 0 aliphatic rings. The van der Waals surface area contributed by atoms with E-state index in [2.05, 4.69) is 20.0 Å². The highest BCUT2D eigenvalue weighted by atomic mass is 35.5. The second-order valence-corrected chi connectivity index (χ2v) is 8.84. The Morgan fingerprint density at radius 1 is 1.17 bits per heavy atom. The summed E-state index contributed by atoms with van der Waals surface area (Å²) in [5.74, 6) is -1.35. The van der Waals surface area contributed by atoms with E-state index in [0.717, 1.165) is 17.5 Å². The van der Waals surface area contributed by atoms with Gasteiger partial charge in [0.2, 0.25) is 0 Å². The fraction of sp³-hybridized carbons (Fsp3) is 0.0556. The van der Waals surface area contributed by atoms with Gasteiger partial charge in [-0.05, 0) is 35.7 Å². The van der Waals surface area contributed by atoms with Crippen LogP contribution < -0.4 is 10.0 Å². The van der Waals surface area contributed by atoms with Gasteiger partial charge in [0.25, 0.3) is 10.0 Å². The molecular weight excluding hydrogens is 442 g/mol. The lowest BCUT2D eigenvalue weighted by Crippen LogP contribution is -2.15. The Morgan fingerprint density at radius 3 is 2.76 bits per heavy atom. The minimum atomic E-state index is -4.21. The van der Waals surface area contributed by atoms with Gasteiger partial charge in [-0.15, -0.1) is 11.3 Å². The molecule has 0 bridgehead atoms. The molecule has 0 unspecified atom stereocenters. The Bertz CT molecular complexity index is 1290. The molecule has 0 saturated heterocycles. The van der Waals surface area contributed by atoms with E-state index in [1.807, 2.05) is 0 Å². The van der Waals surface area contributed by atoms with E-state index in [1.165, 1.54) is 28.3 Å². The van der Waals surface area contributed by atoms with E-state index in [-0.39, 0.29) is 23.1 Å². The topological polar surface area (TPSA) is 86.9 Å². The molecular formula is C18H13ClF2N4O2S2. The first kappa shape index (κ1) is 19.6. The Hall–Kier alpha value is -2.69. The molecule has 0 aliphatic heterocycles. The molecule has 0 atom stereocenters. The van der Waals surface area contributed by atoms with E-state index < -0.39 is 26.6 Å². The van der Waals surface area contributed by atoms with Crippen LogP contribution in [0.25, 0.3) is 10.9 Å². The second-order valence-electron chi connectivity index (χ2n) is 6.06. The normalized spacial score (nSPS) is 11.7. The minimum Gasteiger partial charge on any atom is -0.379 e. The summed E-state index contributed by atoms with van der Waals surface area (Å²) >= 11 is 7.35. The number of anilines is 2. The number of halogens is 3. The lowest BCUT2D eigenvalue weighted by atomic mass is 10.1. The summed E-state index contributed by atoms with van der Waals surface area (Å²) in [6.07, 6.45) is 1.69. The number of hydrogen-bond donors (Lipinski definition) is 3. The summed E-state index contributed by atoms with van der Waals surface area (Å²) in [5, 5.41) is 5.14. The van der Waals surface area contributed by atoms with Crippen molar-refractivity contribution >= 4 is 55.4 Å². The van der Waals surface area contributed by atoms with Crippen molar-refractivity contribution in [3.05, 3.63) is 69.6 Å². The average Bonchev–Trinajstić information content (AvgIpc) is 3.34. The second kappa shape index (κ2) is 7.62. The third-order valence-corrected chi connectivity index (χ3v) is 6.49. The van der Waals surface area contributed by atoms with Gasteiger partial charge in [-0.2, -0.15) is 0 Å². The number of H-pyrrole nitrogens is 1. The number of aromatic amines is 1. The molecule has 150 valence electrons. The molecule has 3 N–H and O–H groups in total. The van der Waals surface area contributed by atoms with Crippen molar-refractivity contribution in [1.82, 2.24) is 9.97 Å². The van der Waals surface area contributed by atoms with Crippen LogP contribution in [0.1, 0.15) is 5.56 Å². The summed E-state index contributed by atoms with van der Waals surface area (Å²) in [7, 11) is -4.21. The molecule has 0 spiro atoms. The van der Waals surface area contributed by atoms with E-state index in [4.69, 9.17) is 11.6 Å². The molecule has 11 heteroatoms. The number of sulfonamides is 1. The largest absolute Gasteiger partial charge is 0.379 e. The molecule has 29 heavy (non-hydrogen) atoms. The van der Waals surface area contributed by atoms with Gasteiger partial charge in [0, 0.05) is 23.7 Å². The zero-order valence-corrected chi connectivity index (χ0v) is 16.9. The number of hydrogen-bond acceptors (Lipinski definition) is 5. The van der Waals surface area contributed by atoms with Crippen molar-refractivity contribution in [2.24, 2.45) is 0 Å². The van der Waals surface area contributed by atoms with Crippen LogP contribution in [-0.4, -0.2) is 18.4 Å². The molecule has 4 rings (SSSR count). The summed E-state index contributed by atoms with van der Waals surface area (Å²) in [6, 6.07) is 6.76. The smallest absolute Gasteiger partial charge is 0.266 e. The number of fused-ring (bicyclic) bond motifs is 1. The van der Waals surface area contributed by atoms with Crippen LogP contribution in [0.4, 0.5) is 20.3 Å². The highest BCUT2D eigenvalue weighted by Crippen LogP contribution is 2.30. The van der Waals surface area contributed by atoms with Crippen molar-refractivity contribution < 1.29 is 17.2 Å². The highest BCUT2D eigenvalue weighted by Gasteiger charge is 2.22. The quantitative estimate of drug-likeness (QED) is 0.384. The molecule has 4 aromatic rings. The average molecular weight is 455 g/mol. The third kappa shape index (κ3) is 3.91. The Morgan fingerprint density at radius 2 is 2.00 bits per heavy atom. The number of thiazole rings is 1. The van der Waals surface area contributed by atoms with Gasteiger partial charge in [0.15, 0.2) is 5.82 Å². The van der Waals surface area contributed by atoms with E-state index >= 15 is 0 Å². The van der Waals surface area contributed by atoms with Crippen molar-refractivity contribution in [3.63, 3.8) is 0 Å². The zero-order chi connectivity index (χ0) is 20.6. The standard InChI is InChI=1S/C18H13ClF2N4O2S2/c19-12-5-16(29(26,27)25-17-8-28-9-24-17)14(21)6-15(12)23-7-11-13(20)2-1-10-3-4-22-18(10)11/h1-6,8-9,22-23,25H,7H2. The highest BCUT2D eigenvalue weighted by molar-refractivity contribution is 7.92. The molecule has 0 amide bonds. The first-order valence-corrected chi connectivity index (χ1v) is 11.0. The zero-order valence-electron chi connectivity index (χ0n) is 14.5. The number of nitrogens with one attached hydrogen (secondary N) is 3. The van der Waals surface area contributed by atoms with E-state index in [9.17, 15) is 17.2 Å². The van der Waals surface area contributed by atoms with Crippen LogP contribution in [0.5, 0.6) is 0 Å². The van der Waals surface area contributed by atoms with Crippen LogP contribution in [0.15, 0.2) is 52.3 Å². The maximum absolute atomic E-state index is 14.5. The van der Waals surface area contributed by atoms with Crippen LogP contribution in [0.3, 0.4) is 0 Å². The summed E-state index contributed by atoms with van der Waals surface area (Å²) in [5.41, 5.74) is 2.55. The molecule has 2 aromatic carbocycles. The number of rotatable bonds is 6. The van der Waals surface area contributed by atoms with Crippen LogP contribution in [0, 0.1) is 11.6 Å². The monoisotopic (exact) mass is 454 g/mol. The number of nitrogens with zero attached hydrogens (tertiary/aromatic N) is 1. The number of aromatic nitrogens is 2. The van der Waals surface area contributed by atoms with Gasteiger partial charge in [-0.3, -0.25) is 4.72 Å². The minimum absolute atomic E-state index is 0.0199. The maximum atomic E-state index is 14.5. The van der Waals surface area contributed by atoms with Crippen molar-refractivity contribution in [2.45, 2.75) is 11.4 Å². The van der Waals surface area contributed by atoms with Crippen molar-refractivity contribution in [3.8, 4) is 0 Å². The van der Waals surface area contributed by atoms with Crippen LogP contribution >= 0.6 is 22.9 Å².